The summed E-state index contributed by atoms with van der Waals surface area (Å²) in [5.74, 6) is 0.620. The van der Waals surface area contributed by atoms with Crippen LogP contribution in [0, 0.1) is 0 Å². The Morgan fingerprint density at radius 3 is 2.71 bits per heavy atom. The maximum Gasteiger partial charge on any atom is 0.251 e. The fraction of sp³-hybridized carbons (Fsp3) is 0.188. The third-order valence-electron chi connectivity index (χ3n) is 3.20. The van der Waals surface area contributed by atoms with Crippen molar-refractivity contribution in [3.05, 3.63) is 58.1 Å². The predicted molar refractivity (Wildman–Crippen MR) is 87.4 cm³/mol. The molecule has 0 radical (unpaired) electrons. The van der Waals surface area contributed by atoms with Gasteiger partial charge < -0.3 is 15.8 Å². The van der Waals surface area contributed by atoms with E-state index in [1.165, 1.54) is 0 Å². The van der Waals surface area contributed by atoms with E-state index in [2.05, 4.69) is 21.2 Å². The van der Waals surface area contributed by atoms with Gasteiger partial charge in [-0.25, -0.2) is 0 Å². The Morgan fingerprint density at radius 1 is 1.29 bits per heavy atom. The van der Waals surface area contributed by atoms with Gasteiger partial charge in [-0.05, 0) is 58.7 Å². The number of ether oxygens (including phenoxy) is 1. The molecule has 0 heterocycles. The number of methoxy groups -OCH3 is 1. The zero-order valence-electron chi connectivity index (χ0n) is 11.9. The van der Waals surface area contributed by atoms with Gasteiger partial charge in [0.05, 0.1) is 13.2 Å². The van der Waals surface area contributed by atoms with Gasteiger partial charge in [0, 0.05) is 15.7 Å². The molecule has 21 heavy (non-hydrogen) atoms. The third-order valence-corrected chi connectivity index (χ3v) is 3.89. The summed E-state index contributed by atoms with van der Waals surface area (Å²) in [6, 6.07) is 12.6. The van der Waals surface area contributed by atoms with Gasteiger partial charge >= 0.3 is 0 Å². The fourth-order valence-electron chi connectivity index (χ4n) is 1.94. The Balaban J connectivity index is 2.12. The van der Waals surface area contributed by atoms with Gasteiger partial charge in [-0.1, -0.05) is 12.1 Å². The van der Waals surface area contributed by atoms with Crippen LogP contribution in [0.15, 0.2) is 46.9 Å². The lowest BCUT2D eigenvalue weighted by Crippen LogP contribution is -2.26. The molecule has 2 aromatic rings. The lowest BCUT2D eigenvalue weighted by Gasteiger charge is -2.15. The van der Waals surface area contributed by atoms with Crippen LogP contribution >= 0.6 is 15.9 Å². The molecule has 1 unspecified atom stereocenters. The van der Waals surface area contributed by atoms with Crippen molar-refractivity contribution < 1.29 is 9.53 Å². The molecule has 2 rings (SSSR count). The fourth-order valence-corrected chi connectivity index (χ4v) is 2.32. The molecule has 0 saturated carbocycles. The van der Waals surface area contributed by atoms with Crippen molar-refractivity contribution in [3.8, 4) is 5.75 Å². The van der Waals surface area contributed by atoms with Crippen molar-refractivity contribution in [2.45, 2.75) is 13.0 Å². The van der Waals surface area contributed by atoms with Gasteiger partial charge in [0.25, 0.3) is 5.91 Å². The standard InChI is InChI=1S/C16H17BrN2O2/c1-10(11-4-3-5-13(8-11)21-2)19-16(20)12-6-7-15(18)14(17)9-12/h3-10H,18H2,1-2H3,(H,19,20). The summed E-state index contributed by atoms with van der Waals surface area (Å²) in [4.78, 5) is 12.2. The summed E-state index contributed by atoms with van der Waals surface area (Å²) in [6.07, 6.45) is 0. The van der Waals surface area contributed by atoms with E-state index in [-0.39, 0.29) is 11.9 Å². The highest BCUT2D eigenvalue weighted by Gasteiger charge is 2.12. The molecule has 5 heteroatoms. The number of benzene rings is 2. The first-order valence-electron chi connectivity index (χ1n) is 6.51. The van der Waals surface area contributed by atoms with Crippen LogP contribution in [0.5, 0.6) is 5.75 Å². The zero-order chi connectivity index (χ0) is 15.4. The maximum absolute atomic E-state index is 12.2. The SMILES string of the molecule is COc1cccc(C(C)NC(=O)c2ccc(N)c(Br)c2)c1. The van der Waals surface area contributed by atoms with Gasteiger partial charge in [-0.15, -0.1) is 0 Å². The van der Waals surface area contributed by atoms with E-state index in [9.17, 15) is 4.79 Å². The summed E-state index contributed by atoms with van der Waals surface area (Å²) in [5.41, 5.74) is 7.87. The van der Waals surface area contributed by atoms with Crippen molar-refractivity contribution in [3.63, 3.8) is 0 Å². The summed E-state index contributed by atoms with van der Waals surface area (Å²) >= 11 is 3.32. The minimum absolute atomic E-state index is 0.121. The number of anilines is 1. The van der Waals surface area contributed by atoms with Crippen molar-refractivity contribution >= 4 is 27.5 Å². The van der Waals surface area contributed by atoms with Gasteiger partial charge in [0.1, 0.15) is 5.75 Å². The second kappa shape index (κ2) is 6.63. The van der Waals surface area contributed by atoms with Crippen LogP contribution in [0.1, 0.15) is 28.9 Å². The minimum atomic E-state index is -0.147. The molecule has 2 aromatic carbocycles. The molecular formula is C16H17BrN2O2. The average molecular weight is 349 g/mol. The second-order valence-electron chi connectivity index (χ2n) is 4.71. The smallest absolute Gasteiger partial charge is 0.251 e. The summed E-state index contributed by atoms with van der Waals surface area (Å²) in [7, 11) is 1.62. The molecule has 0 bridgehead atoms. The lowest BCUT2D eigenvalue weighted by molar-refractivity contribution is 0.0940. The van der Waals surface area contributed by atoms with E-state index in [0.717, 1.165) is 11.3 Å². The molecule has 0 aliphatic carbocycles. The monoisotopic (exact) mass is 348 g/mol. The van der Waals surface area contributed by atoms with Crippen molar-refractivity contribution in [1.82, 2.24) is 5.32 Å². The van der Waals surface area contributed by atoms with Crippen LogP contribution in [-0.2, 0) is 0 Å². The van der Waals surface area contributed by atoms with Crippen LogP contribution in [0.4, 0.5) is 5.69 Å². The summed E-state index contributed by atoms with van der Waals surface area (Å²) in [5, 5.41) is 2.95. The first kappa shape index (κ1) is 15.4. The quantitative estimate of drug-likeness (QED) is 0.830. The van der Waals surface area contributed by atoms with Crippen LogP contribution < -0.4 is 15.8 Å². The number of hydrogen-bond donors (Lipinski definition) is 2. The number of halogens is 1. The predicted octanol–water partition coefficient (Wildman–Crippen LogP) is 3.53. The lowest BCUT2D eigenvalue weighted by atomic mass is 10.1. The molecule has 0 fully saturated rings. The van der Waals surface area contributed by atoms with Gasteiger partial charge in [0.15, 0.2) is 0 Å². The number of carbonyl (C=O) groups excluding carboxylic acids is 1. The first-order valence-corrected chi connectivity index (χ1v) is 7.30. The number of hydrogen-bond acceptors (Lipinski definition) is 3. The first-order chi connectivity index (χ1) is 10.0. The molecular weight excluding hydrogens is 332 g/mol. The number of nitrogens with one attached hydrogen (secondary N) is 1. The Kier molecular flexibility index (Phi) is 4.85. The highest BCUT2D eigenvalue weighted by Crippen LogP contribution is 2.22. The molecule has 0 spiro atoms. The highest BCUT2D eigenvalue weighted by atomic mass is 79.9. The normalized spacial score (nSPS) is 11.8. The second-order valence-corrected chi connectivity index (χ2v) is 5.56. The van der Waals surface area contributed by atoms with E-state index in [1.54, 1.807) is 25.3 Å². The van der Waals surface area contributed by atoms with Gasteiger partial charge in [-0.3, -0.25) is 4.79 Å². The summed E-state index contributed by atoms with van der Waals surface area (Å²) < 4.78 is 5.90. The van der Waals surface area contributed by atoms with Crippen molar-refractivity contribution in [2.24, 2.45) is 0 Å². The van der Waals surface area contributed by atoms with Crippen LogP contribution in [0.2, 0.25) is 0 Å². The minimum Gasteiger partial charge on any atom is -0.497 e. The van der Waals surface area contributed by atoms with Gasteiger partial charge in [0.2, 0.25) is 0 Å². The molecule has 0 aliphatic heterocycles. The van der Waals surface area contributed by atoms with Crippen molar-refractivity contribution in [1.29, 1.82) is 0 Å². The number of carbonyl (C=O) groups is 1. The molecule has 110 valence electrons. The highest BCUT2D eigenvalue weighted by molar-refractivity contribution is 9.10. The van der Waals surface area contributed by atoms with E-state index in [0.29, 0.717) is 15.7 Å². The molecule has 1 atom stereocenters. The molecule has 1 amide bonds. The largest absolute Gasteiger partial charge is 0.497 e. The Morgan fingerprint density at radius 2 is 2.05 bits per heavy atom. The number of nitrogen functional groups attached to an aromatic ring is 1. The van der Waals surface area contributed by atoms with E-state index < -0.39 is 0 Å². The molecule has 0 saturated heterocycles. The van der Waals surface area contributed by atoms with E-state index >= 15 is 0 Å². The third kappa shape index (κ3) is 3.76. The van der Waals surface area contributed by atoms with E-state index in [4.69, 9.17) is 10.5 Å². The molecule has 0 aliphatic rings. The van der Waals surface area contributed by atoms with Crippen LogP contribution in [-0.4, -0.2) is 13.0 Å². The van der Waals surface area contributed by atoms with Crippen molar-refractivity contribution in [2.75, 3.05) is 12.8 Å². The molecule has 0 aromatic heterocycles. The topological polar surface area (TPSA) is 64.3 Å². The summed E-state index contributed by atoms with van der Waals surface area (Å²) in [6.45, 7) is 1.93. The van der Waals surface area contributed by atoms with Gasteiger partial charge in [-0.2, -0.15) is 0 Å². The Hall–Kier alpha value is -2.01. The average Bonchev–Trinajstić information content (AvgIpc) is 2.49. The number of nitrogens with two attached hydrogens (primary N) is 1. The number of rotatable bonds is 4. The van der Waals surface area contributed by atoms with E-state index in [1.807, 2.05) is 31.2 Å². The van der Waals surface area contributed by atoms with Crippen LogP contribution in [0.3, 0.4) is 0 Å². The molecule has 3 N–H and O–H groups in total. The maximum atomic E-state index is 12.2. The van der Waals surface area contributed by atoms with Crippen LogP contribution in [0.25, 0.3) is 0 Å². The Bertz CT molecular complexity index is 658. The number of amides is 1. The zero-order valence-corrected chi connectivity index (χ0v) is 13.5. The molecule has 4 nitrogen and oxygen atoms in total. The Labute approximate surface area is 132 Å².